The van der Waals surface area contributed by atoms with Crippen LogP contribution in [0, 0.1) is 10.1 Å². The van der Waals surface area contributed by atoms with Gasteiger partial charge in [-0.1, -0.05) is 24.3 Å². The number of methoxy groups -OCH3 is 1. The van der Waals surface area contributed by atoms with Gasteiger partial charge in [-0.3, -0.25) is 14.9 Å². The van der Waals surface area contributed by atoms with Crippen molar-refractivity contribution in [1.29, 1.82) is 0 Å². The summed E-state index contributed by atoms with van der Waals surface area (Å²) in [6.45, 7) is 1.38. The molecule has 0 aliphatic carbocycles. The summed E-state index contributed by atoms with van der Waals surface area (Å²) >= 11 is 0. The minimum Gasteiger partial charge on any atom is -0.497 e. The highest BCUT2D eigenvalue weighted by Crippen LogP contribution is 2.26. The van der Waals surface area contributed by atoms with E-state index >= 15 is 0 Å². The molecule has 126 valence electrons. The van der Waals surface area contributed by atoms with Crippen molar-refractivity contribution >= 4 is 11.7 Å². The minimum absolute atomic E-state index is 0.0606. The third-order valence-electron chi connectivity index (χ3n) is 3.64. The van der Waals surface area contributed by atoms with E-state index in [9.17, 15) is 14.9 Å². The molecule has 0 aliphatic rings. The standard InChI is InChI=1S/C18H19NO5/c1-13(20)24-18(15-6-10-17(23-2)11-7-15)12-5-14-3-8-16(9-4-14)19(21)22/h3-4,6-11,18H,5,12H2,1-2H3. The molecule has 0 fully saturated rings. The second-order valence-electron chi connectivity index (χ2n) is 5.33. The van der Waals surface area contributed by atoms with Crippen molar-refractivity contribution in [3.8, 4) is 5.75 Å². The van der Waals surface area contributed by atoms with Gasteiger partial charge in [0, 0.05) is 19.1 Å². The lowest BCUT2D eigenvalue weighted by molar-refractivity contribution is -0.384. The van der Waals surface area contributed by atoms with Gasteiger partial charge in [-0.25, -0.2) is 0 Å². The van der Waals surface area contributed by atoms with Gasteiger partial charge in [0.2, 0.25) is 0 Å². The Morgan fingerprint density at radius 1 is 1.12 bits per heavy atom. The maximum absolute atomic E-state index is 11.4. The number of aryl methyl sites for hydroxylation is 1. The van der Waals surface area contributed by atoms with Crippen LogP contribution < -0.4 is 4.74 Å². The second-order valence-corrected chi connectivity index (χ2v) is 5.33. The molecule has 0 saturated heterocycles. The number of ether oxygens (including phenoxy) is 2. The Morgan fingerprint density at radius 3 is 2.25 bits per heavy atom. The molecule has 6 nitrogen and oxygen atoms in total. The number of nitro benzene ring substituents is 1. The summed E-state index contributed by atoms with van der Waals surface area (Å²) in [5.74, 6) is 0.384. The molecule has 2 rings (SSSR count). The van der Waals surface area contributed by atoms with Crippen LogP contribution in [0.5, 0.6) is 5.75 Å². The summed E-state index contributed by atoms with van der Waals surface area (Å²) in [4.78, 5) is 21.6. The van der Waals surface area contributed by atoms with Crippen LogP contribution in [0.15, 0.2) is 48.5 Å². The fraction of sp³-hybridized carbons (Fsp3) is 0.278. The zero-order chi connectivity index (χ0) is 17.5. The van der Waals surface area contributed by atoms with Crippen molar-refractivity contribution in [2.24, 2.45) is 0 Å². The molecule has 0 aliphatic heterocycles. The summed E-state index contributed by atoms with van der Waals surface area (Å²) in [7, 11) is 1.59. The van der Waals surface area contributed by atoms with Crippen LogP contribution in [0.3, 0.4) is 0 Å². The van der Waals surface area contributed by atoms with Gasteiger partial charge >= 0.3 is 5.97 Å². The van der Waals surface area contributed by atoms with Crippen molar-refractivity contribution in [2.45, 2.75) is 25.9 Å². The Bertz CT molecular complexity index is 694. The third kappa shape index (κ3) is 4.81. The summed E-state index contributed by atoms with van der Waals surface area (Å²) in [6, 6.07) is 13.8. The number of rotatable bonds is 7. The van der Waals surface area contributed by atoms with Crippen LogP contribution in [-0.4, -0.2) is 18.0 Å². The molecule has 0 radical (unpaired) electrons. The van der Waals surface area contributed by atoms with Crippen molar-refractivity contribution in [1.82, 2.24) is 0 Å². The molecule has 0 bridgehead atoms. The van der Waals surface area contributed by atoms with Gasteiger partial charge in [0.15, 0.2) is 0 Å². The minimum atomic E-state index is -0.428. The first-order valence-corrected chi connectivity index (χ1v) is 7.54. The van der Waals surface area contributed by atoms with Crippen LogP contribution in [0.2, 0.25) is 0 Å². The van der Waals surface area contributed by atoms with E-state index in [-0.39, 0.29) is 17.8 Å². The molecule has 1 unspecified atom stereocenters. The number of carbonyl (C=O) groups is 1. The lowest BCUT2D eigenvalue weighted by Crippen LogP contribution is -2.09. The fourth-order valence-corrected chi connectivity index (χ4v) is 2.39. The van der Waals surface area contributed by atoms with Crippen LogP contribution in [-0.2, 0) is 16.0 Å². The monoisotopic (exact) mass is 329 g/mol. The highest BCUT2D eigenvalue weighted by molar-refractivity contribution is 5.66. The summed E-state index contributed by atoms with van der Waals surface area (Å²) in [6.07, 6.45) is 0.856. The molecule has 0 spiro atoms. The molecule has 24 heavy (non-hydrogen) atoms. The van der Waals surface area contributed by atoms with E-state index in [4.69, 9.17) is 9.47 Å². The highest BCUT2D eigenvalue weighted by atomic mass is 16.6. The molecule has 2 aromatic carbocycles. The number of esters is 1. The predicted octanol–water partition coefficient (Wildman–Crippen LogP) is 3.84. The van der Waals surface area contributed by atoms with Crippen molar-refractivity contribution < 1.29 is 19.2 Å². The number of nitrogens with zero attached hydrogens (tertiary/aromatic N) is 1. The first kappa shape index (κ1) is 17.5. The number of benzene rings is 2. The number of non-ortho nitro benzene ring substituents is 1. The number of hydrogen-bond donors (Lipinski definition) is 0. The van der Waals surface area contributed by atoms with E-state index in [0.29, 0.717) is 12.8 Å². The fourth-order valence-electron chi connectivity index (χ4n) is 2.39. The Kier molecular flexibility index (Phi) is 5.89. The van der Waals surface area contributed by atoms with Gasteiger partial charge < -0.3 is 9.47 Å². The molecule has 2 aromatic rings. The summed E-state index contributed by atoms with van der Waals surface area (Å²) in [5.41, 5.74) is 1.89. The largest absolute Gasteiger partial charge is 0.497 e. The maximum Gasteiger partial charge on any atom is 0.303 e. The Balaban J connectivity index is 2.07. The molecular formula is C18H19NO5. The molecule has 6 heteroatoms. The van der Waals surface area contributed by atoms with Crippen LogP contribution in [0.25, 0.3) is 0 Å². The lowest BCUT2D eigenvalue weighted by Gasteiger charge is -2.18. The molecule has 0 saturated carbocycles. The smallest absolute Gasteiger partial charge is 0.303 e. The second kappa shape index (κ2) is 8.10. The van der Waals surface area contributed by atoms with Crippen LogP contribution in [0.1, 0.15) is 30.6 Å². The SMILES string of the molecule is COc1ccc(C(CCc2ccc([N+](=O)[O-])cc2)OC(C)=O)cc1. The Hall–Kier alpha value is -2.89. The normalized spacial score (nSPS) is 11.6. The van der Waals surface area contributed by atoms with E-state index in [1.165, 1.54) is 19.1 Å². The van der Waals surface area contributed by atoms with Gasteiger partial charge in [-0.15, -0.1) is 0 Å². The zero-order valence-corrected chi connectivity index (χ0v) is 13.6. The van der Waals surface area contributed by atoms with E-state index in [2.05, 4.69) is 0 Å². The number of nitro groups is 1. The average molecular weight is 329 g/mol. The van der Waals surface area contributed by atoms with Crippen molar-refractivity contribution in [2.75, 3.05) is 7.11 Å². The van der Waals surface area contributed by atoms with Crippen LogP contribution >= 0.6 is 0 Å². The van der Waals surface area contributed by atoms with Gasteiger partial charge in [0.25, 0.3) is 5.69 Å². The van der Waals surface area contributed by atoms with Crippen molar-refractivity contribution in [3.63, 3.8) is 0 Å². The third-order valence-corrected chi connectivity index (χ3v) is 3.64. The average Bonchev–Trinajstić information content (AvgIpc) is 2.58. The predicted molar refractivity (Wildman–Crippen MR) is 88.9 cm³/mol. The quantitative estimate of drug-likeness (QED) is 0.438. The molecule has 0 amide bonds. The lowest BCUT2D eigenvalue weighted by atomic mass is 10.0. The molecule has 0 aromatic heterocycles. The van der Waals surface area contributed by atoms with Gasteiger partial charge in [-0.05, 0) is 36.1 Å². The highest BCUT2D eigenvalue weighted by Gasteiger charge is 2.15. The van der Waals surface area contributed by atoms with Gasteiger partial charge in [-0.2, -0.15) is 0 Å². The van der Waals surface area contributed by atoms with Crippen LogP contribution in [0.4, 0.5) is 5.69 Å². The number of carbonyl (C=O) groups excluding carboxylic acids is 1. The van der Waals surface area contributed by atoms with E-state index in [1.807, 2.05) is 24.3 Å². The summed E-state index contributed by atoms with van der Waals surface area (Å²) < 4.78 is 10.5. The molecule has 0 N–H and O–H groups in total. The maximum atomic E-state index is 11.4. The Morgan fingerprint density at radius 2 is 1.75 bits per heavy atom. The summed E-state index contributed by atoms with van der Waals surface area (Å²) in [5, 5.41) is 10.7. The Labute approximate surface area is 140 Å². The first-order valence-electron chi connectivity index (χ1n) is 7.54. The van der Waals surface area contributed by atoms with E-state index in [1.54, 1.807) is 19.2 Å². The molecular weight excluding hydrogens is 310 g/mol. The van der Waals surface area contributed by atoms with Gasteiger partial charge in [0.05, 0.1) is 12.0 Å². The topological polar surface area (TPSA) is 78.7 Å². The van der Waals surface area contributed by atoms with E-state index < -0.39 is 4.92 Å². The molecule has 0 heterocycles. The zero-order valence-electron chi connectivity index (χ0n) is 13.6. The van der Waals surface area contributed by atoms with Gasteiger partial charge in [0.1, 0.15) is 11.9 Å². The first-order chi connectivity index (χ1) is 11.5. The number of hydrogen-bond acceptors (Lipinski definition) is 5. The van der Waals surface area contributed by atoms with Crippen molar-refractivity contribution in [3.05, 3.63) is 69.8 Å². The van der Waals surface area contributed by atoms with E-state index in [0.717, 1.165) is 16.9 Å². The molecule has 1 atom stereocenters.